The van der Waals surface area contributed by atoms with Crippen molar-refractivity contribution in [3.05, 3.63) is 83.5 Å². The summed E-state index contributed by atoms with van der Waals surface area (Å²) in [6, 6.07) is 10.7. The van der Waals surface area contributed by atoms with Crippen LogP contribution in [-0.4, -0.2) is 23.8 Å². The molecular weight excluding hydrogens is 294 g/mol. The van der Waals surface area contributed by atoms with Crippen LogP contribution in [0.3, 0.4) is 0 Å². The molecule has 2 atom stereocenters. The van der Waals surface area contributed by atoms with Gasteiger partial charge in [0.05, 0.1) is 0 Å². The maximum absolute atomic E-state index is 12.5. The Kier molecular flexibility index (Phi) is 4.31. The van der Waals surface area contributed by atoms with Gasteiger partial charge in [0.2, 0.25) is 0 Å². The van der Waals surface area contributed by atoms with E-state index in [0.29, 0.717) is 24.0 Å². The van der Waals surface area contributed by atoms with Crippen molar-refractivity contribution in [1.82, 2.24) is 4.90 Å². The number of Topliss-reactive ketones (excluding diaryl/α,β-unsaturated/α-hetero) is 1. The molecular formula is C22H23NO. The molecule has 0 saturated carbocycles. The predicted octanol–water partition coefficient (Wildman–Crippen LogP) is 4.08. The van der Waals surface area contributed by atoms with Crippen molar-refractivity contribution in [3.63, 3.8) is 0 Å². The Bertz CT molecular complexity index is 738. The van der Waals surface area contributed by atoms with Gasteiger partial charge in [0, 0.05) is 37.5 Å². The summed E-state index contributed by atoms with van der Waals surface area (Å²) in [5, 5.41) is 0. The highest BCUT2D eigenvalue weighted by Gasteiger charge is 2.38. The summed E-state index contributed by atoms with van der Waals surface area (Å²) in [7, 11) is 0. The Hall–Kier alpha value is -2.19. The molecule has 2 aliphatic carbocycles. The van der Waals surface area contributed by atoms with Crippen LogP contribution < -0.4 is 0 Å². The number of carbonyl (C=O) groups is 1. The zero-order valence-electron chi connectivity index (χ0n) is 13.9. The van der Waals surface area contributed by atoms with Gasteiger partial charge in [0.25, 0.3) is 0 Å². The normalized spacial score (nSPS) is 26.8. The first-order chi connectivity index (χ1) is 11.8. The van der Waals surface area contributed by atoms with Crippen molar-refractivity contribution >= 4 is 5.78 Å². The highest BCUT2D eigenvalue weighted by atomic mass is 16.1. The van der Waals surface area contributed by atoms with Crippen molar-refractivity contribution in [2.75, 3.05) is 13.1 Å². The van der Waals surface area contributed by atoms with Crippen LogP contribution in [0, 0.1) is 11.8 Å². The largest absolute Gasteiger partial charge is 0.298 e. The monoisotopic (exact) mass is 317 g/mol. The van der Waals surface area contributed by atoms with E-state index in [2.05, 4.69) is 47.4 Å². The topological polar surface area (TPSA) is 20.3 Å². The fourth-order valence-corrected chi connectivity index (χ4v) is 4.23. The van der Waals surface area contributed by atoms with Gasteiger partial charge in [-0.15, -0.1) is 0 Å². The Morgan fingerprint density at radius 3 is 2.58 bits per heavy atom. The van der Waals surface area contributed by atoms with Crippen LogP contribution in [0.25, 0.3) is 0 Å². The number of rotatable bonds is 2. The van der Waals surface area contributed by atoms with Crippen LogP contribution >= 0.6 is 0 Å². The molecule has 0 amide bonds. The lowest BCUT2D eigenvalue weighted by Crippen LogP contribution is -2.21. The average Bonchev–Trinajstić information content (AvgIpc) is 2.91. The van der Waals surface area contributed by atoms with Gasteiger partial charge in [-0.25, -0.2) is 0 Å². The Labute approximate surface area is 143 Å². The maximum Gasteiger partial charge on any atom is 0.163 e. The molecule has 1 aliphatic heterocycles. The fourth-order valence-electron chi connectivity index (χ4n) is 4.23. The number of hydrogen-bond acceptors (Lipinski definition) is 2. The zero-order chi connectivity index (χ0) is 16.4. The van der Waals surface area contributed by atoms with E-state index in [1.807, 2.05) is 24.3 Å². The van der Waals surface area contributed by atoms with E-state index >= 15 is 0 Å². The quantitative estimate of drug-likeness (QED) is 0.819. The molecule has 1 heterocycles. The number of fused-ring (bicyclic) bond motifs is 2. The molecule has 2 unspecified atom stereocenters. The van der Waals surface area contributed by atoms with E-state index in [0.717, 1.165) is 31.6 Å². The molecule has 122 valence electrons. The van der Waals surface area contributed by atoms with E-state index in [4.69, 9.17) is 0 Å². The van der Waals surface area contributed by atoms with Gasteiger partial charge in [0.1, 0.15) is 0 Å². The Morgan fingerprint density at radius 2 is 1.75 bits per heavy atom. The second-order valence-electron chi connectivity index (χ2n) is 6.98. The van der Waals surface area contributed by atoms with Crippen molar-refractivity contribution in [2.24, 2.45) is 11.8 Å². The number of hydrogen-bond donors (Lipinski definition) is 0. The first-order valence-electron chi connectivity index (χ1n) is 8.86. The lowest BCUT2D eigenvalue weighted by molar-refractivity contribution is -0.115. The van der Waals surface area contributed by atoms with Crippen LogP contribution in [0.4, 0.5) is 0 Å². The van der Waals surface area contributed by atoms with Gasteiger partial charge in [-0.1, -0.05) is 66.8 Å². The van der Waals surface area contributed by atoms with E-state index in [1.165, 1.54) is 11.1 Å². The van der Waals surface area contributed by atoms with Crippen LogP contribution in [0.5, 0.6) is 0 Å². The number of allylic oxidation sites excluding steroid dienone is 7. The Morgan fingerprint density at radius 1 is 0.958 bits per heavy atom. The third kappa shape index (κ3) is 3.07. The van der Waals surface area contributed by atoms with Crippen LogP contribution in [0.1, 0.15) is 18.4 Å². The summed E-state index contributed by atoms with van der Waals surface area (Å²) >= 11 is 0. The van der Waals surface area contributed by atoms with Gasteiger partial charge in [-0.05, 0) is 23.5 Å². The number of benzene rings is 1. The zero-order valence-corrected chi connectivity index (χ0v) is 13.9. The summed E-state index contributed by atoms with van der Waals surface area (Å²) in [6.07, 6.45) is 14.0. The lowest BCUT2D eigenvalue weighted by atomic mass is 9.86. The molecule has 1 aromatic carbocycles. The molecule has 24 heavy (non-hydrogen) atoms. The smallest absolute Gasteiger partial charge is 0.163 e. The van der Waals surface area contributed by atoms with Gasteiger partial charge < -0.3 is 0 Å². The van der Waals surface area contributed by atoms with Gasteiger partial charge in [0.15, 0.2) is 5.78 Å². The molecule has 2 heteroatoms. The van der Waals surface area contributed by atoms with Crippen molar-refractivity contribution in [3.8, 4) is 0 Å². The summed E-state index contributed by atoms with van der Waals surface area (Å²) in [6.45, 7) is 3.15. The molecule has 1 saturated heterocycles. The number of nitrogens with zero attached hydrogens (tertiary/aromatic N) is 1. The van der Waals surface area contributed by atoms with Gasteiger partial charge in [-0.3, -0.25) is 9.69 Å². The Balaban J connectivity index is 1.60. The first kappa shape index (κ1) is 15.3. The lowest BCUT2D eigenvalue weighted by Gasteiger charge is -2.18. The van der Waals surface area contributed by atoms with E-state index in [1.54, 1.807) is 0 Å². The average molecular weight is 317 g/mol. The van der Waals surface area contributed by atoms with E-state index in [-0.39, 0.29) is 0 Å². The van der Waals surface area contributed by atoms with E-state index < -0.39 is 0 Å². The summed E-state index contributed by atoms with van der Waals surface area (Å²) in [5.74, 6) is 1.37. The number of likely N-dealkylation sites (tertiary alicyclic amines) is 1. The molecule has 3 aliphatic rings. The molecule has 0 radical (unpaired) electrons. The molecule has 1 fully saturated rings. The van der Waals surface area contributed by atoms with E-state index in [9.17, 15) is 4.79 Å². The minimum atomic E-state index is 0.310. The number of carbonyl (C=O) groups excluding carboxylic acids is 1. The summed E-state index contributed by atoms with van der Waals surface area (Å²) in [5.41, 5.74) is 3.55. The molecule has 2 nitrogen and oxygen atoms in total. The number of ketones is 1. The third-order valence-corrected chi connectivity index (χ3v) is 5.39. The first-order valence-corrected chi connectivity index (χ1v) is 8.86. The van der Waals surface area contributed by atoms with Crippen LogP contribution in [-0.2, 0) is 11.3 Å². The molecule has 1 aromatic rings. The van der Waals surface area contributed by atoms with Crippen LogP contribution in [0.15, 0.2) is 77.9 Å². The molecule has 0 N–H and O–H groups in total. The SMILES string of the molecule is O=C1CCC2CN(Cc3ccccc3)CC2C2=C1C=CC=CC=C2. The second-order valence-corrected chi connectivity index (χ2v) is 6.98. The maximum atomic E-state index is 12.5. The van der Waals surface area contributed by atoms with Gasteiger partial charge in [-0.2, -0.15) is 0 Å². The highest BCUT2D eigenvalue weighted by molar-refractivity contribution is 5.99. The fraction of sp³-hybridized carbons (Fsp3) is 0.318. The minimum Gasteiger partial charge on any atom is -0.298 e. The van der Waals surface area contributed by atoms with Crippen molar-refractivity contribution < 1.29 is 4.79 Å². The molecule has 0 aromatic heterocycles. The summed E-state index contributed by atoms with van der Waals surface area (Å²) < 4.78 is 0. The second kappa shape index (κ2) is 6.74. The molecule has 0 spiro atoms. The van der Waals surface area contributed by atoms with Gasteiger partial charge >= 0.3 is 0 Å². The minimum absolute atomic E-state index is 0.310. The molecule has 0 bridgehead atoms. The van der Waals surface area contributed by atoms with Crippen molar-refractivity contribution in [2.45, 2.75) is 19.4 Å². The highest BCUT2D eigenvalue weighted by Crippen LogP contribution is 2.39. The van der Waals surface area contributed by atoms with Crippen molar-refractivity contribution in [1.29, 1.82) is 0 Å². The van der Waals surface area contributed by atoms with Crippen LogP contribution in [0.2, 0.25) is 0 Å². The molecule has 4 rings (SSSR count). The summed E-state index contributed by atoms with van der Waals surface area (Å²) in [4.78, 5) is 15.1. The predicted molar refractivity (Wildman–Crippen MR) is 97.4 cm³/mol. The standard InChI is InChI=1S/C22H23NO/c24-22-13-12-18-15-23(14-17-8-4-3-5-9-17)16-21(18)19-10-6-1-2-7-11-20(19)22/h1-11,18,21H,12-16H2. The third-order valence-electron chi connectivity index (χ3n) is 5.39.